The summed E-state index contributed by atoms with van der Waals surface area (Å²) in [4.78, 5) is 32.9. The summed E-state index contributed by atoms with van der Waals surface area (Å²) >= 11 is 1.42. The summed E-state index contributed by atoms with van der Waals surface area (Å²) in [5.41, 5.74) is 6.03. The van der Waals surface area contributed by atoms with Crippen molar-refractivity contribution >= 4 is 23.2 Å². The van der Waals surface area contributed by atoms with E-state index in [1.807, 2.05) is 4.90 Å². The molecule has 1 aliphatic carbocycles. The predicted molar refractivity (Wildman–Crippen MR) is 98.3 cm³/mol. The fourth-order valence-electron chi connectivity index (χ4n) is 3.79. The van der Waals surface area contributed by atoms with Crippen molar-refractivity contribution in [1.82, 2.24) is 14.8 Å². The Balaban J connectivity index is 1.43. The molecule has 2 aliphatic rings. The number of piperazine rings is 1. The van der Waals surface area contributed by atoms with E-state index in [-0.39, 0.29) is 11.8 Å². The molecule has 1 saturated carbocycles. The minimum absolute atomic E-state index is 0.0507. The molecule has 1 saturated heterocycles. The van der Waals surface area contributed by atoms with Gasteiger partial charge in [0.15, 0.2) is 0 Å². The lowest BCUT2D eigenvalue weighted by Crippen LogP contribution is -2.50. The van der Waals surface area contributed by atoms with Crippen LogP contribution in [0.15, 0.2) is 5.38 Å². The summed E-state index contributed by atoms with van der Waals surface area (Å²) < 4.78 is 0. The highest BCUT2D eigenvalue weighted by Gasteiger charge is 2.26. The average Bonchev–Trinajstić information content (AvgIpc) is 3.16. The van der Waals surface area contributed by atoms with Crippen molar-refractivity contribution in [3.63, 3.8) is 0 Å². The van der Waals surface area contributed by atoms with E-state index >= 15 is 0 Å². The number of aromatic nitrogens is 1. The zero-order valence-electron chi connectivity index (χ0n) is 14.8. The van der Waals surface area contributed by atoms with Crippen LogP contribution in [0.1, 0.15) is 60.4 Å². The lowest BCUT2D eigenvalue weighted by atomic mass is 9.86. The molecule has 138 valence electrons. The largest absolute Gasteiger partial charge is 0.339 e. The first-order valence-electron chi connectivity index (χ1n) is 9.39. The lowest BCUT2D eigenvalue weighted by molar-refractivity contribution is -0.133. The summed E-state index contributed by atoms with van der Waals surface area (Å²) in [5.74, 6) is 0.934. The van der Waals surface area contributed by atoms with E-state index in [1.54, 1.807) is 10.3 Å². The Morgan fingerprint density at radius 1 is 1.12 bits per heavy atom. The van der Waals surface area contributed by atoms with E-state index in [2.05, 4.69) is 4.98 Å². The van der Waals surface area contributed by atoms with Crippen LogP contribution in [-0.4, -0.2) is 52.8 Å². The maximum Gasteiger partial charge on any atom is 0.273 e. The van der Waals surface area contributed by atoms with Crippen LogP contribution in [0.4, 0.5) is 0 Å². The molecule has 1 aliphatic heterocycles. The first-order valence-corrected chi connectivity index (χ1v) is 10.3. The van der Waals surface area contributed by atoms with Crippen LogP contribution >= 0.6 is 11.3 Å². The number of nitrogens with zero attached hydrogens (tertiary/aromatic N) is 3. The van der Waals surface area contributed by atoms with Crippen molar-refractivity contribution in [2.24, 2.45) is 11.7 Å². The fourth-order valence-corrected chi connectivity index (χ4v) is 4.43. The van der Waals surface area contributed by atoms with Gasteiger partial charge in [0.2, 0.25) is 5.91 Å². The van der Waals surface area contributed by atoms with Crippen LogP contribution < -0.4 is 5.73 Å². The number of hydrogen-bond acceptors (Lipinski definition) is 5. The molecule has 2 fully saturated rings. The van der Waals surface area contributed by atoms with E-state index in [4.69, 9.17) is 5.73 Å². The molecule has 2 amide bonds. The van der Waals surface area contributed by atoms with Gasteiger partial charge < -0.3 is 15.5 Å². The second-order valence-corrected chi connectivity index (χ2v) is 7.99. The SMILES string of the molecule is NCc1nc(C(=O)N2CCN(C(=O)CCC3CCCCC3)CC2)cs1. The molecule has 3 rings (SSSR count). The number of amides is 2. The number of carbonyl (C=O) groups excluding carboxylic acids is 2. The third kappa shape index (κ3) is 4.79. The van der Waals surface area contributed by atoms with Crippen LogP contribution in [0.2, 0.25) is 0 Å². The van der Waals surface area contributed by atoms with Gasteiger partial charge in [-0.15, -0.1) is 11.3 Å². The van der Waals surface area contributed by atoms with Crippen LogP contribution in [0, 0.1) is 5.92 Å². The Kier molecular flexibility index (Phi) is 6.42. The van der Waals surface area contributed by atoms with Crippen molar-refractivity contribution in [3.8, 4) is 0 Å². The molecule has 2 heterocycles. The monoisotopic (exact) mass is 364 g/mol. The van der Waals surface area contributed by atoms with Crippen molar-refractivity contribution in [2.75, 3.05) is 26.2 Å². The molecule has 25 heavy (non-hydrogen) atoms. The van der Waals surface area contributed by atoms with Gasteiger partial charge >= 0.3 is 0 Å². The highest BCUT2D eigenvalue weighted by molar-refractivity contribution is 7.09. The molecule has 0 spiro atoms. The number of thiazole rings is 1. The zero-order chi connectivity index (χ0) is 17.6. The van der Waals surface area contributed by atoms with E-state index in [1.165, 1.54) is 43.4 Å². The van der Waals surface area contributed by atoms with Gasteiger partial charge in [0.25, 0.3) is 5.91 Å². The Morgan fingerprint density at radius 2 is 1.80 bits per heavy atom. The van der Waals surface area contributed by atoms with E-state index in [0.29, 0.717) is 44.8 Å². The Morgan fingerprint density at radius 3 is 2.44 bits per heavy atom. The molecule has 6 nitrogen and oxygen atoms in total. The predicted octanol–water partition coefficient (Wildman–Crippen LogP) is 2.25. The smallest absolute Gasteiger partial charge is 0.273 e. The van der Waals surface area contributed by atoms with Gasteiger partial charge in [-0.05, 0) is 12.3 Å². The van der Waals surface area contributed by atoms with Crippen LogP contribution in [0.25, 0.3) is 0 Å². The molecule has 2 N–H and O–H groups in total. The van der Waals surface area contributed by atoms with Crippen molar-refractivity contribution in [1.29, 1.82) is 0 Å². The summed E-state index contributed by atoms with van der Waals surface area (Å²) in [5, 5.41) is 2.55. The summed E-state index contributed by atoms with van der Waals surface area (Å²) in [7, 11) is 0. The van der Waals surface area contributed by atoms with Crippen LogP contribution in [0.3, 0.4) is 0 Å². The van der Waals surface area contributed by atoms with Gasteiger partial charge in [0.1, 0.15) is 10.7 Å². The van der Waals surface area contributed by atoms with Crippen LogP contribution in [-0.2, 0) is 11.3 Å². The summed E-state index contributed by atoms with van der Waals surface area (Å²) in [6, 6.07) is 0. The normalized spacial score (nSPS) is 19.2. The highest BCUT2D eigenvalue weighted by Crippen LogP contribution is 2.27. The lowest BCUT2D eigenvalue weighted by Gasteiger charge is -2.35. The molecular formula is C18H28N4O2S. The molecule has 0 atom stereocenters. The Hall–Kier alpha value is -1.47. The quantitative estimate of drug-likeness (QED) is 0.869. The third-order valence-corrected chi connectivity index (χ3v) is 6.23. The van der Waals surface area contributed by atoms with E-state index < -0.39 is 0 Å². The number of rotatable bonds is 5. The second-order valence-electron chi connectivity index (χ2n) is 7.05. The summed E-state index contributed by atoms with van der Waals surface area (Å²) in [6.07, 6.45) is 8.25. The van der Waals surface area contributed by atoms with Crippen molar-refractivity contribution in [3.05, 3.63) is 16.1 Å². The Labute approximate surface area is 153 Å². The Bertz CT molecular complexity index is 590. The maximum absolute atomic E-state index is 12.5. The van der Waals surface area contributed by atoms with Crippen LogP contribution in [0.5, 0.6) is 0 Å². The maximum atomic E-state index is 12.5. The van der Waals surface area contributed by atoms with Crippen molar-refractivity contribution in [2.45, 2.75) is 51.5 Å². The van der Waals surface area contributed by atoms with Crippen molar-refractivity contribution < 1.29 is 9.59 Å². The minimum atomic E-state index is -0.0507. The molecule has 0 unspecified atom stereocenters. The van der Waals surface area contributed by atoms with Gasteiger partial charge in [0.05, 0.1) is 0 Å². The van der Waals surface area contributed by atoms with Gasteiger partial charge in [-0.2, -0.15) is 0 Å². The molecule has 7 heteroatoms. The molecule has 0 aromatic carbocycles. The average molecular weight is 365 g/mol. The second kappa shape index (κ2) is 8.76. The fraction of sp³-hybridized carbons (Fsp3) is 0.722. The molecule has 0 radical (unpaired) electrons. The van der Waals surface area contributed by atoms with Gasteiger partial charge in [-0.3, -0.25) is 9.59 Å². The minimum Gasteiger partial charge on any atom is -0.339 e. The topological polar surface area (TPSA) is 79.5 Å². The highest BCUT2D eigenvalue weighted by atomic mass is 32.1. The molecule has 1 aromatic rings. The number of nitrogens with two attached hydrogens (primary N) is 1. The van der Waals surface area contributed by atoms with Gasteiger partial charge in [0, 0.05) is 44.5 Å². The number of hydrogen-bond donors (Lipinski definition) is 1. The summed E-state index contributed by atoms with van der Waals surface area (Å²) in [6.45, 7) is 2.79. The molecule has 0 bridgehead atoms. The first-order chi connectivity index (χ1) is 12.2. The third-order valence-electron chi connectivity index (χ3n) is 5.36. The zero-order valence-corrected chi connectivity index (χ0v) is 15.6. The van der Waals surface area contributed by atoms with Gasteiger partial charge in [-0.1, -0.05) is 32.1 Å². The van der Waals surface area contributed by atoms with E-state index in [0.717, 1.165) is 17.3 Å². The first kappa shape index (κ1) is 18.3. The van der Waals surface area contributed by atoms with Gasteiger partial charge in [-0.25, -0.2) is 4.98 Å². The molecule has 1 aromatic heterocycles. The number of carbonyl (C=O) groups is 2. The standard InChI is InChI=1S/C18H28N4O2S/c19-12-16-20-15(13-25-16)18(24)22-10-8-21(9-11-22)17(23)7-6-14-4-2-1-3-5-14/h13-14H,1-12,19H2. The van der Waals surface area contributed by atoms with E-state index in [9.17, 15) is 9.59 Å². The molecular weight excluding hydrogens is 336 g/mol.